The zero-order valence-corrected chi connectivity index (χ0v) is 9.95. The van der Waals surface area contributed by atoms with E-state index in [0.717, 1.165) is 50.5 Å². The minimum Gasteiger partial charge on any atom is -0.381 e. The van der Waals surface area contributed by atoms with Crippen LogP contribution in [0, 0.1) is 12.3 Å². The third-order valence-electron chi connectivity index (χ3n) is 3.29. The van der Waals surface area contributed by atoms with Crippen LogP contribution in [0.1, 0.15) is 31.2 Å². The summed E-state index contributed by atoms with van der Waals surface area (Å²) in [6, 6.07) is 0. The van der Waals surface area contributed by atoms with Crippen LogP contribution >= 0.6 is 0 Å². The van der Waals surface area contributed by atoms with Gasteiger partial charge in [0.2, 0.25) is 0 Å². The van der Waals surface area contributed by atoms with Crippen LogP contribution in [-0.4, -0.2) is 30.1 Å². The molecule has 2 rings (SSSR count). The Bertz CT molecular complexity index is 332. The lowest BCUT2D eigenvalue weighted by Gasteiger charge is -2.33. The number of hydrogen-bond acceptors (Lipinski definition) is 5. The summed E-state index contributed by atoms with van der Waals surface area (Å²) in [6.45, 7) is 7.68. The highest BCUT2D eigenvalue weighted by molar-refractivity contribution is 5.03. The van der Waals surface area contributed by atoms with Gasteiger partial charge in [-0.25, -0.2) is 4.63 Å². The van der Waals surface area contributed by atoms with Crippen molar-refractivity contribution in [1.29, 1.82) is 0 Å². The highest BCUT2D eigenvalue weighted by atomic mass is 16.6. The second-order valence-corrected chi connectivity index (χ2v) is 4.82. The fraction of sp³-hybridized carbons (Fsp3) is 0.818. The standard InChI is InChI=1S/C11H19N3O2/c1-9-10(14-16-13-9)7-12-8-11(2)3-5-15-6-4-11/h12H,3-8H2,1-2H3. The summed E-state index contributed by atoms with van der Waals surface area (Å²) >= 11 is 0. The van der Waals surface area contributed by atoms with Crippen molar-refractivity contribution in [3.05, 3.63) is 11.4 Å². The molecule has 0 radical (unpaired) electrons. The smallest absolute Gasteiger partial charge is 0.121 e. The van der Waals surface area contributed by atoms with Crippen molar-refractivity contribution in [1.82, 2.24) is 15.6 Å². The van der Waals surface area contributed by atoms with E-state index in [4.69, 9.17) is 4.74 Å². The Hall–Kier alpha value is -0.940. The van der Waals surface area contributed by atoms with E-state index in [1.807, 2.05) is 6.92 Å². The van der Waals surface area contributed by atoms with Crippen LogP contribution in [0.4, 0.5) is 0 Å². The van der Waals surface area contributed by atoms with Crippen molar-refractivity contribution in [2.45, 2.75) is 33.2 Å². The highest BCUT2D eigenvalue weighted by Crippen LogP contribution is 2.28. The molecule has 1 aliphatic heterocycles. The molecule has 0 atom stereocenters. The number of rotatable bonds is 4. The first-order chi connectivity index (χ1) is 7.70. The van der Waals surface area contributed by atoms with Crippen LogP contribution in [0.15, 0.2) is 4.63 Å². The molecule has 0 bridgehead atoms. The maximum atomic E-state index is 5.37. The summed E-state index contributed by atoms with van der Waals surface area (Å²) in [7, 11) is 0. The summed E-state index contributed by atoms with van der Waals surface area (Å²) in [6.07, 6.45) is 2.24. The van der Waals surface area contributed by atoms with E-state index in [1.54, 1.807) is 0 Å². The van der Waals surface area contributed by atoms with Gasteiger partial charge in [-0.15, -0.1) is 0 Å². The number of nitrogens with zero attached hydrogens (tertiary/aromatic N) is 2. The lowest BCUT2D eigenvalue weighted by molar-refractivity contribution is 0.0239. The van der Waals surface area contributed by atoms with Crippen molar-refractivity contribution < 1.29 is 9.37 Å². The molecule has 0 aliphatic carbocycles. The summed E-state index contributed by atoms with van der Waals surface area (Å²) in [4.78, 5) is 0. The van der Waals surface area contributed by atoms with Crippen molar-refractivity contribution in [3.8, 4) is 0 Å². The van der Waals surface area contributed by atoms with Crippen LogP contribution in [0.5, 0.6) is 0 Å². The lowest BCUT2D eigenvalue weighted by Crippen LogP contribution is -2.36. The van der Waals surface area contributed by atoms with Gasteiger partial charge >= 0.3 is 0 Å². The molecule has 1 fully saturated rings. The van der Waals surface area contributed by atoms with E-state index in [1.165, 1.54) is 0 Å². The lowest BCUT2D eigenvalue weighted by atomic mass is 9.82. The van der Waals surface area contributed by atoms with Gasteiger partial charge < -0.3 is 10.1 Å². The van der Waals surface area contributed by atoms with Crippen LogP contribution in [-0.2, 0) is 11.3 Å². The number of ether oxygens (including phenoxy) is 1. The summed E-state index contributed by atoms with van der Waals surface area (Å²) in [5.41, 5.74) is 2.11. The molecule has 0 amide bonds. The molecular formula is C11H19N3O2. The topological polar surface area (TPSA) is 60.2 Å². The fourth-order valence-corrected chi connectivity index (χ4v) is 1.93. The summed E-state index contributed by atoms with van der Waals surface area (Å²) in [5.74, 6) is 0. The first-order valence-electron chi connectivity index (χ1n) is 5.76. The Morgan fingerprint density at radius 3 is 2.69 bits per heavy atom. The molecule has 0 saturated carbocycles. The van der Waals surface area contributed by atoms with Gasteiger partial charge in [0.25, 0.3) is 0 Å². The van der Waals surface area contributed by atoms with Gasteiger partial charge in [0.15, 0.2) is 0 Å². The second-order valence-electron chi connectivity index (χ2n) is 4.82. The number of aryl methyl sites for hydroxylation is 1. The summed E-state index contributed by atoms with van der Waals surface area (Å²) < 4.78 is 10.0. The van der Waals surface area contributed by atoms with Gasteiger partial charge in [0.1, 0.15) is 11.4 Å². The molecule has 90 valence electrons. The van der Waals surface area contributed by atoms with Crippen molar-refractivity contribution in [3.63, 3.8) is 0 Å². The van der Waals surface area contributed by atoms with E-state index < -0.39 is 0 Å². The zero-order chi connectivity index (χ0) is 11.4. The first kappa shape index (κ1) is 11.5. The largest absolute Gasteiger partial charge is 0.381 e. The molecular weight excluding hydrogens is 206 g/mol. The maximum absolute atomic E-state index is 5.37. The van der Waals surface area contributed by atoms with Crippen molar-refractivity contribution in [2.75, 3.05) is 19.8 Å². The van der Waals surface area contributed by atoms with Crippen molar-refractivity contribution in [2.24, 2.45) is 5.41 Å². The van der Waals surface area contributed by atoms with Crippen molar-refractivity contribution >= 4 is 0 Å². The molecule has 5 nitrogen and oxygen atoms in total. The van der Waals surface area contributed by atoms with E-state index in [0.29, 0.717) is 5.41 Å². The Morgan fingerprint density at radius 2 is 2.06 bits per heavy atom. The molecule has 0 aromatic carbocycles. The fourth-order valence-electron chi connectivity index (χ4n) is 1.93. The summed E-state index contributed by atoms with van der Waals surface area (Å²) in [5, 5.41) is 11.0. The normalized spacial score (nSPS) is 19.9. The molecule has 2 heterocycles. The van der Waals surface area contributed by atoms with Crippen LogP contribution in [0.2, 0.25) is 0 Å². The van der Waals surface area contributed by atoms with E-state index in [-0.39, 0.29) is 0 Å². The first-order valence-corrected chi connectivity index (χ1v) is 5.76. The van der Waals surface area contributed by atoms with Crippen LogP contribution in [0.3, 0.4) is 0 Å². The van der Waals surface area contributed by atoms with Gasteiger partial charge in [-0.2, -0.15) is 0 Å². The third-order valence-corrected chi connectivity index (χ3v) is 3.29. The second kappa shape index (κ2) is 4.93. The monoisotopic (exact) mass is 225 g/mol. The Balaban J connectivity index is 1.77. The molecule has 1 aliphatic rings. The van der Waals surface area contributed by atoms with E-state index in [2.05, 4.69) is 27.2 Å². The third kappa shape index (κ3) is 2.80. The van der Waals surface area contributed by atoms with Gasteiger partial charge in [0, 0.05) is 26.3 Å². The average Bonchev–Trinajstić information content (AvgIpc) is 2.65. The Morgan fingerprint density at radius 1 is 1.31 bits per heavy atom. The minimum atomic E-state index is 0.351. The Kier molecular flexibility index (Phi) is 3.56. The van der Waals surface area contributed by atoms with Crippen LogP contribution < -0.4 is 5.32 Å². The van der Waals surface area contributed by atoms with Crippen LogP contribution in [0.25, 0.3) is 0 Å². The Labute approximate surface area is 95.5 Å². The van der Waals surface area contributed by atoms with Gasteiger partial charge in [0.05, 0.1) is 0 Å². The molecule has 0 unspecified atom stereocenters. The average molecular weight is 225 g/mol. The molecule has 1 aromatic heterocycles. The molecule has 1 saturated heterocycles. The minimum absolute atomic E-state index is 0.351. The maximum Gasteiger partial charge on any atom is 0.121 e. The number of nitrogens with one attached hydrogen (secondary N) is 1. The van der Waals surface area contributed by atoms with E-state index >= 15 is 0 Å². The van der Waals surface area contributed by atoms with Gasteiger partial charge in [-0.1, -0.05) is 17.2 Å². The predicted octanol–water partition coefficient (Wildman–Crippen LogP) is 1.28. The quantitative estimate of drug-likeness (QED) is 0.836. The van der Waals surface area contributed by atoms with Gasteiger partial charge in [-0.05, 0) is 25.2 Å². The molecule has 0 spiro atoms. The molecule has 1 N–H and O–H groups in total. The van der Waals surface area contributed by atoms with E-state index in [9.17, 15) is 0 Å². The zero-order valence-electron chi connectivity index (χ0n) is 9.95. The highest BCUT2D eigenvalue weighted by Gasteiger charge is 2.26. The number of hydrogen-bond donors (Lipinski definition) is 1. The molecule has 1 aromatic rings. The molecule has 5 heteroatoms. The number of aromatic nitrogens is 2. The predicted molar refractivity (Wildman–Crippen MR) is 58.9 cm³/mol. The molecule has 16 heavy (non-hydrogen) atoms. The van der Waals surface area contributed by atoms with Gasteiger partial charge in [-0.3, -0.25) is 0 Å². The SMILES string of the molecule is Cc1nonc1CNCC1(C)CCOCC1.